The van der Waals surface area contributed by atoms with Gasteiger partial charge in [-0.3, -0.25) is 0 Å². The minimum atomic E-state index is -1.16. The summed E-state index contributed by atoms with van der Waals surface area (Å²) >= 11 is 0. The fraction of sp³-hybridized carbons (Fsp3) is 0.0909. The third kappa shape index (κ3) is 2.46. The van der Waals surface area contributed by atoms with Crippen LogP contribution in [-0.4, -0.2) is 25.8 Å². The van der Waals surface area contributed by atoms with E-state index in [0.717, 1.165) is 5.56 Å². The smallest absolute Gasteiger partial charge is 0.375 e. The van der Waals surface area contributed by atoms with Crippen molar-refractivity contribution in [2.24, 2.45) is 0 Å². The number of carboxylic acids is 1. The van der Waals surface area contributed by atoms with Gasteiger partial charge >= 0.3 is 5.97 Å². The third-order valence-corrected chi connectivity index (χ3v) is 2.13. The molecule has 6 heteroatoms. The van der Waals surface area contributed by atoms with Crippen LogP contribution in [0.3, 0.4) is 0 Å². The standard InChI is InChI=1S/C11H8N4O2/c12-5-8-2-1-3-9(4-8)6-15-7-13-10(14-15)11(16)17/h1-4,7H,6H2,(H,16,17). The van der Waals surface area contributed by atoms with Gasteiger partial charge in [0.15, 0.2) is 0 Å². The minimum Gasteiger partial charge on any atom is -0.475 e. The van der Waals surface area contributed by atoms with Gasteiger partial charge in [0.05, 0.1) is 18.2 Å². The number of carboxylic acid groups (broad SMARTS) is 1. The first-order valence-electron chi connectivity index (χ1n) is 4.81. The molecular weight excluding hydrogens is 220 g/mol. The maximum absolute atomic E-state index is 10.6. The first-order chi connectivity index (χ1) is 8.19. The highest BCUT2D eigenvalue weighted by Crippen LogP contribution is 2.05. The van der Waals surface area contributed by atoms with E-state index < -0.39 is 5.97 Å². The van der Waals surface area contributed by atoms with Gasteiger partial charge in [-0.15, -0.1) is 5.10 Å². The average molecular weight is 228 g/mol. The number of nitrogens with zero attached hydrogens (tertiary/aromatic N) is 4. The van der Waals surface area contributed by atoms with Crippen molar-refractivity contribution < 1.29 is 9.90 Å². The molecule has 0 saturated carbocycles. The van der Waals surface area contributed by atoms with Crippen molar-refractivity contribution in [2.75, 3.05) is 0 Å². The lowest BCUT2D eigenvalue weighted by Crippen LogP contribution is -2.04. The monoisotopic (exact) mass is 228 g/mol. The zero-order valence-electron chi connectivity index (χ0n) is 8.74. The van der Waals surface area contributed by atoms with E-state index in [1.54, 1.807) is 18.2 Å². The highest BCUT2D eigenvalue weighted by Gasteiger charge is 2.08. The molecule has 0 bridgehead atoms. The van der Waals surface area contributed by atoms with Gasteiger partial charge in [-0.2, -0.15) is 5.26 Å². The van der Waals surface area contributed by atoms with Crippen LogP contribution in [0.25, 0.3) is 0 Å². The number of aromatic carboxylic acids is 1. The van der Waals surface area contributed by atoms with Crippen LogP contribution in [0.15, 0.2) is 30.6 Å². The Morgan fingerprint density at radius 2 is 2.35 bits per heavy atom. The Bertz CT molecular complexity index is 598. The lowest BCUT2D eigenvalue weighted by Gasteiger charge is -2.00. The largest absolute Gasteiger partial charge is 0.475 e. The second-order valence-electron chi connectivity index (χ2n) is 3.38. The van der Waals surface area contributed by atoms with Crippen molar-refractivity contribution >= 4 is 5.97 Å². The Labute approximate surface area is 96.8 Å². The molecule has 2 aromatic rings. The molecule has 0 unspecified atom stereocenters. The second kappa shape index (κ2) is 4.45. The van der Waals surface area contributed by atoms with Crippen molar-refractivity contribution in [1.82, 2.24) is 14.8 Å². The van der Waals surface area contributed by atoms with Crippen LogP contribution in [0, 0.1) is 11.3 Å². The fourth-order valence-corrected chi connectivity index (χ4v) is 1.40. The van der Waals surface area contributed by atoms with Gasteiger partial charge in [-0.25, -0.2) is 14.5 Å². The third-order valence-electron chi connectivity index (χ3n) is 2.13. The summed E-state index contributed by atoms with van der Waals surface area (Å²) in [6.07, 6.45) is 1.35. The SMILES string of the molecule is N#Cc1cccc(Cn2cnc(C(=O)O)n2)c1. The molecule has 0 aliphatic heterocycles. The molecule has 0 aliphatic rings. The van der Waals surface area contributed by atoms with Crippen LogP contribution in [0.5, 0.6) is 0 Å². The number of nitriles is 1. The van der Waals surface area contributed by atoms with Crippen LogP contribution in [0.1, 0.15) is 21.7 Å². The molecule has 6 nitrogen and oxygen atoms in total. The first kappa shape index (κ1) is 10.8. The summed E-state index contributed by atoms with van der Waals surface area (Å²) in [4.78, 5) is 14.2. The van der Waals surface area contributed by atoms with Crippen molar-refractivity contribution in [2.45, 2.75) is 6.54 Å². The van der Waals surface area contributed by atoms with E-state index in [1.807, 2.05) is 12.1 Å². The molecule has 1 aromatic carbocycles. The molecule has 0 aliphatic carbocycles. The average Bonchev–Trinajstić information content (AvgIpc) is 2.78. The van der Waals surface area contributed by atoms with E-state index in [0.29, 0.717) is 12.1 Å². The molecule has 0 amide bonds. The normalized spacial score (nSPS) is 9.82. The maximum Gasteiger partial charge on any atom is 0.375 e. The van der Waals surface area contributed by atoms with Crippen LogP contribution >= 0.6 is 0 Å². The summed E-state index contributed by atoms with van der Waals surface area (Å²) in [7, 11) is 0. The maximum atomic E-state index is 10.6. The van der Waals surface area contributed by atoms with Gasteiger partial charge < -0.3 is 5.11 Å². The first-order valence-corrected chi connectivity index (χ1v) is 4.81. The number of hydrogen-bond donors (Lipinski definition) is 1. The Balaban J connectivity index is 2.19. The summed E-state index contributed by atoms with van der Waals surface area (Å²) in [6, 6.07) is 9.07. The van der Waals surface area contributed by atoms with E-state index in [4.69, 9.17) is 10.4 Å². The number of rotatable bonds is 3. The molecular formula is C11H8N4O2. The molecule has 84 valence electrons. The summed E-state index contributed by atoms with van der Waals surface area (Å²) in [5, 5.41) is 21.2. The Morgan fingerprint density at radius 3 is 3.00 bits per heavy atom. The Kier molecular flexibility index (Phi) is 2.83. The van der Waals surface area contributed by atoms with Crippen molar-refractivity contribution in [3.63, 3.8) is 0 Å². The molecule has 2 rings (SSSR count). The second-order valence-corrected chi connectivity index (χ2v) is 3.38. The van der Waals surface area contributed by atoms with E-state index >= 15 is 0 Å². The summed E-state index contributed by atoms with van der Waals surface area (Å²) in [5.74, 6) is -1.39. The Hall–Kier alpha value is -2.68. The zero-order valence-corrected chi connectivity index (χ0v) is 8.74. The van der Waals surface area contributed by atoms with Crippen LogP contribution in [-0.2, 0) is 6.54 Å². The number of carbonyl (C=O) groups is 1. The lowest BCUT2D eigenvalue weighted by atomic mass is 10.1. The van der Waals surface area contributed by atoms with Gasteiger partial charge in [0, 0.05) is 0 Å². The van der Waals surface area contributed by atoms with E-state index in [2.05, 4.69) is 10.1 Å². The van der Waals surface area contributed by atoms with Crippen molar-refractivity contribution in [3.8, 4) is 6.07 Å². The molecule has 0 spiro atoms. The molecule has 1 N–H and O–H groups in total. The van der Waals surface area contributed by atoms with Gasteiger partial charge in [0.2, 0.25) is 0 Å². The molecule has 1 heterocycles. The predicted octanol–water partition coefficient (Wildman–Crippen LogP) is 0.896. The number of aromatic nitrogens is 3. The predicted molar refractivity (Wildman–Crippen MR) is 57.2 cm³/mol. The summed E-state index contributed by atoms with van der Waals surface area (Å²) in [6.45, 7) is 0.385. The van der Waals surface area contributed by atoms with Gasteiger partial charge in [0.1, 0.15) is 6.33 Å². The molecule has 0 fully saturated rings. The highest BCUT2D eigenvalue weighted by molar-refractivity contribution is 5.82. The molecule has 1 aromatic heterocycles. The number of benzene rings is 1. The highest BCUT2D eigenvalue weighted by atomic mass is 16.4. The van der Waals surface area contributed by atoms with Crippen LogP contribution in [0.4, 0.5) is 0 Å². The lowest BCUT2D eigenvalue weighted by molar-refractivity contribution is 0.0683. The quantitative estimate of drug-likeness (QED) is 0.842. The van der Waals surface area contributed by atoms with Gasteiger partial charge in [-0.05, 0) is 17.7 Å². The van der Waals surface area contributed by atoms with Crippen LogP contribution < -0.4 is 0 Å². The van der Waals surface area contributed by atoms with Crippen molar-refractivity contribution in [3.05, 3.63) is 47.5 Å². The zero-order chi connectivity index (χ0) is 12.3. The van der Waals surface area contributed by atoms with E-state index in [1.165, 1.54) is 11.0 Å². The van der Waals surface area contributed by atoms with Crippen molar-refractivity contribution in [1.29, 1.82) is 5.26 Å². The van der Waals surface area contributed by atoms with Gasteiger partial charge in [0.25, 0.3) is 5.82 Å². The number of hydrogen-bond acceptors (Lipinski definition) is 4. The molecule has 17 heavy (non-hydrogen) atoms. The van der Waals surface area contributed by atoms with Gasteiger partial charge in [-0.1, -0.05) is 12.1 Å². The fourth-order valence-electron chi connectivity index (χ4n) is 1.40. The summed E-state index contributed by atoms with van der Waals surface area (Å²) in [5.41, 5.74) is 1.42. The van der Waals surface area contributed by atoms with Crippen LogP contribution in [0.2, 0.25) is 0 Å². The summed E-state index contributed by atoms with van der Waals surface area (Å²) < 4.78 is 1.42. The molecule has 0 radical (unpaired) electrons. The van der Waals surface area contributed by atoms with E-state index in [9.17, 15) is 4.79 Å². The van der Waals surface area contributed by atoms with E-state index in [-0.39, 0.29) is 5.82 Å². The molecule has 0 atom stereocenters. The Morgan fingerprint density at radius 1 is 1.53 bits per heavy atom. The topological polar surface area (TPSA) is 91.8 Å². The minimum absolute atomic E-state index is 0.235. The molecule has 0 saturated heterocycles.